The number of nitrogens with one attached hydrogen (secondary N) is 1. The molecule has 0 unspecified atom stereocenters. The van der Waals surface area contributed by atoms with E-state index in [2.05, 4.69) is 15.7 Å². The average Bonchev–Trinajstić information content (AvgIpc) is 3.49. The summed E-state index contributed by atoms with van der Waals surface area (Å²) >= 11 is 6.45. The second-order valence-electron chi connectivity index (χ2n) is 15.2. The lowest BCUT2D eigenvalue weighted by atomic mass is 9.70. The minimum Gasteiger partial charge on any atom is -0.490 e. The summed E-state index contributed by atoms with van der Waals surface area (Å²) in [5.41, 5.74) is 2.83. The molecule has 2 amide bonds. The number of hydrogen-bond acceptors (Lipinski definition) is 8. The third-order valence-corrected chi connectivity index (χ3v) is 13.9. The molecule has 4 aliphatic heterocycles. The van der Waals surface area contributed by atoms with Crippen molar-refractivity contribution in [2.75, 3.05) is 50.8 Å². The molecule has 276 valence electrons. The van der Waals surface area contributed by atoms with Gasteiger partial charge in [0.2, 0.25) is 15.9 Å². The molecule has 1 N–H and O–H groups in total. The maximum atomic E-state index is 16.7. The molecule has 0 saturated carbocycles. The SMILES string of the molecule is C[C@@H]1CN(C(=O)[C@H]2/C(F)=C/C[C@H](C)[C@@H](C)S(=O)(=O)NC(=O)c3ccc4c(c3)N(C[C@@H]3CCCN32)C[C@@]2(CCCc3cc(Cl)ccc32)CO4)CCO1. The van der Waals surface area contributed by atoms with Crippen molar-refractivity contribution in [2.45, 2.75) is 88.1 Å². The summed E-state index contributed by atoms with van der Waals surface area (Å²) < 4.78 is 58.2. The van der Waals surface area contributed by atoms with Crippen LogP contribution in [0.5, 0.6) is 5.75 Å². The van der Waals surface area contributed by atoms with Gasteiger partial charge in [0.25, 0.3) is 5.91 Å². The summed E-state index contributed by atoms with van der Waals surface area (Å²) in [5, 5.41) is -0.322. The highest BCUT2D eigenvalue weighted by molar-refractivity contribution is 7.90. The summed E-state index contributed by atoms with van der Waals surface area (Å²) in [7, 11) is -4.13. The van der Waals surface area contributed by atoms with Crippen LogP contribution < -0.4 is 14.4 Å². The Hall–Kier alpha value is -3.19. The van der Waals surface area contributed by atoms with Crippen LogP contribution in [0.2, 0.25) is 5.02 Å². The fourth-order valence-electron chi connectivity index (χ4n) is 8.70. The quantitative estimate of drug-likeness (QED) is 0.423. The number of aryl methyl sites for hydroxylation is 1. The normalized spacial score (nSPS) is 32.5. The van der Waals surface area contributed by atoms with Crippen LogP contribution in [0.25, 0.3) is 0 Å². The highest BCUT2D eigenvalue weighted by Crippen LogP contribution is 2.45. The lowest BCUT2D eigenvalue weighted by molar-refractivity contribution is -0.143. The summed E-state index contributed by atoms with van der Waals surface area (Å²) in [4.78, 5) is 33.9. The number of amides is 2. The van der Waals surface area contributed by atoms with E-state index in [1.54, 1.807) is 30.0 Å². The number of fused-ring (bicyclic) bond motifs is 4. The first kappa shape index (κ1) is 36.2. The van der Waals surface area contributed by atoms with Gasteiger partial charge < -0.3 is 19.3 Å². The molecule has 4 heterocycles. The number of hydrogen-bond donors (Lipinski definition) is 1. The topological polar surface area (TPSA) is 108 Å². The van der Waals surface area contributed by atoms with E-state index in [1.165, 1.54) is 24.1 Å². The molecule has 1 aliphatic carbocycles. The summed E-state index contributed by atoms with van der Waals surface area (Å²) in [6.07, 6.45) is 5.58. The number of sulfonamides is 1. The smallest absolute Gasteiger partial charge is 0.264 e. The van der Waals surface area contributed by atoms with E-state index < -0.39 is 44.4 Å². The number of allylic oxidation sites excluding steroid dienone is 1. The third-order valence-electron chi connectivity index (χ3n) is 11.7. The van der Waals surface area contributed by atoms with Gasteiger partial charge in [0.15, 0.2) is 0 Å². The van der Waals surface area contributed by atoms with Crippen LogP contribution in [0.4, 0.5) is 10.1 Å². The van der Waals surface area contributed by atoms with Crippen LogP contribution in [0.1, 0.15) is 74.4 Å². The molecule has 2 aromatic rings. The van der Waals surface area contributed by atoms with Gasteiger partial charge in [-0.05, 0) is 106 Å². The molecule has 1 spiro atoms. The van der Waals surface area contributed by atoms with E-state index in [0.717, 1.165) is 32.1 Å². The molecule has 2 bridgehead atoms. The second kappa shape index (κ2) is 14.3. The number of carbonyl (C=O) groups excluding carboxylic acids is 2. The van der Waals surface area contributed by atoms with E-state index in [4.69, 9.17) is 21.1 Å². The molecule has 51 heavy (non-hydrogen) atoms. The fraction of sp³-hybridized carbons (Fsp3) is 0.579. The first-order valence-electron chi connectivity index (χ1n) is 18.2. The van der Waals surface area contributed by atoms with Crippen LogP contribution in [-0.4, -0.2) is 99.4 Å². The van der Waals surface area contributed by atoms with E-state index >= 15 is 4.39 Å². The number of halogens is 2. The maximum absolute atomic E-state index is 16.7. The molecule has 0 radical (unpaired) electrons. The summed E-state index contributed by atoms with van der Waals surface area (Å²) in [6.45, 7) is 8.22. The summed E-state index contributed by atoms with van der Waals surface area (Å²) in [6, 6.07) is 9.77. The van der Waals surface area contributed by atoms with Crippen molar-refractivity contribution < 1.29 is 31.9 Å². The number of carbonyl (C=O) groups is 2. The van der Waals surface area contributed by atoms with Gasteiger partial charge in [0.05, 0.1) is 30.3 Å². The fourth-order valence-corrected chi connectivity index (χ4v) is 10.2. The predicted molar refractivity (Wildman–Crippen MR) is 195 cm³/mol. The standard InChI is InChI=1S/C38H48ClFN4O6S/c1-24-8-12-32(40)35(37(46)42-16-17-49-25(2)20-42)44-15-5-7-30(44)21-43-22-38(14-4-6-27-18-29(39)10-11-31(27)38)23-50-34-13-9-28(19-33(34)43)36(45)41-51(47,48)26(24)3/h9-13,18-19,24-26,30,35H,4-8,14-17,20-23H2,1-3H3,(H,41,45)/b32-12-/t24-,25+,26+,30-,35+,38-/m0/s1. The van der Waals surface area contributed by atoms with Gasteiger partial charge in [-0.15, -0.1) is 0 Å². The third kappa shape index (κ3) is 7.13. The minimum atomic E-state index is -4.13. The van der Waals surface area contributed by atoms with Gasteiger partial charge in [-0.3, -0.25) is 14.5 Å². The molecule has 2 aromatic carbocycles. The van der Waals surface area contributed by atoms with Crippen LogP contribution in [0.3, 0.4) is 0 Å². The molecular weight excluding hydrogens is 695 g/mol. The first-order chi connectivity index (χ1) is 24.3. The Labute approximate surface area is 305 Å². The van der Waals surface area contributed by atoms with Gasteiger partial charge in [-0.2, -0.15) is 0 Å². The lowest BCUT2D eigenvalue weighted by Crippen LogP contribution is -2.56. The molecule has 10 nitrogen and oxygen atoms in total. The number of anilines is 1. The number of ether oxygens (including phenoxy) is 2. The average molecular weight is 743 g/mol. The summed E-state index contributed by atoms with van der Waals surface area (Å²) in [5.74, 6) is -1.56. The Morgan fingerprint density at radius 3 is 2.71 bits per heavy atom. The van der Waals surface area contributed by atoms with Gasteiger partial charge in [0.1, 0.15) is 17.6 Å². The Bertz CT molecular complexity index is 1820. The zero-order valence-electron chi connectivity index (χ0n) is 29.6. The van der Waals surface area contributed by atoms with E-state index in [-0.39, 0.29) is 30.0 Å². The number of nitrogens with zero attached hydrogens (tertiary/aromatic N) is 3. The van der Waals surface area contributed by atoms with Gasteiger partial charge in [-0.1, -0.05) is 30.7 Å². The zero-order valence-corrected chi connectivity index (χ0v) is 31.1. The molecule has 2 saturated heterocycles. The van der Waals surface area contributed by atoms with Crippen LogP contribution in [0.15, 0.2) is 48.3 Å². The van der Waals surface area contributed by atoms with Crippen LogP contribution in [0, 0.1) is 5.92 Å². The lowest BCUT2D eigenvalue weighted by Gasteiger charge is -2.43. The highest BCUT2D eigenvalue weighted by Gasteiger charge is 2.45. The minimum absolute atomic E-state index is 0.0815. The Morgan fingerprint density at radius 2 is 1.90 bits per heavy atom. The van der Waals surface area contributed by atoms with Crippen molar-refractivity contribution >= 4 is 39.1 Å². The molecule has 0 aromatic heterocycles. The Kier molecular flexibility index (Phi) is 10.2. The zero-order chi connectivity index (χ0) is 36.1. The number of rotatable bonds is 1. The molecular formula is C38H48ClFN4O6S. The monoisotopic (exact) mass is 742 g/mol. The van der Waals surface area contributed by atoms with E-state index in [0.29, 0.717) is 62.4 Å². The molecule has 2 fully saturated rings. The van der Waals surface area contributed by atoms with Crippen LogP contribution in [-0.2, 0) is 31.4 Å². The molecule has 5 aliphatic rings. The molecule has 7 rings (SSSR count). The van der Waals surface area contributed by atoms with Crippen molar-refractivity contribution in [3.05, 3.63) is 70.0 Å². The van der Waals surface area contributed by atoms with Crippen molar-refractivity contribution in [1.29, 1.82) is 0 Å². The van der Waals surface area contributed by atoms with Crippen molar-refractivity contribution in [3.8, 4) is 5.75 Å². The van der Waals surface area contributed by atoms with Crippen molar-refractivity contribution in [3.63, 3.8) is 0 Å². The van der Waals surface area contributed by atoms with E-state index in [1.807, 2.05) is 24.0 Å². The predicted octanol–water partition coefficient (Wildman–Crippen LogP) is 5.23. The highest BCUT2D eigenvalue weighted by atomic mass is 35.5. The van der Waals surface area contributed by atoms with Crippen molar-refractivity contribution in [2.24, 2.45) is 5.92 Å². The second-order valence-corrected chi connectivity index (χ2v) is 17.6. The number of morpholine rings is 1. The Balaban J connectivity index is 1.34. The van der Waals surface area contributed by atoms with Crippen LogP contribution >= 0.6 is 11.6 Å². The van der Waals surface area contributed by atoms with Gasteiger partial charge in [-0.25, -0.2) is 17.5 Å². The van der Waals surface area contributed by atoms with Gasteiger partial charge >= 0.3 is 0 Å². The largest absolute Gasteiger partial charge is 0.490 e. The van der Waals surface area contributed by atoms with Crippen molar-refractivity contribution in [1.82, 2.24) is 14.5 Å². The van der Waals surface area contributed by atoms with E-state index in [9.17, 15) is 18.0 Å². The Morgan fingerprint density at radius 1 is 1.08 bits per heavy atom. The number of benzene rings is 2. The maximum Gasteiger partial charge on any atom is 0.264 e. The molecule has 13 heteroatoms. The first-order valence-corrected chi connectivity index (χ1v) is 20.2. The van der Waals surface area contributed by atoms with Gasteiger partial charge in [0, 0.05) is 48.2 Å². The molecule has 6 atom stereocenters.